The van der Waals surface area contributed by atoms with Crippen LogP contribution < -0.4 is 4.74 Å². The van der Waals surface area contributed by atoms with Crippen LogP contribution >= 0.6 is 0 Å². The first-order valence-corrected chi connectivity index (χ1v) is 5.73. The van der Waals surface area contributed by atoms with Crippen molar-refractivity contribution in [2.45, 2.75) is 26.7 Å². The maximum absolute atomic E-state index is 5.67. The number of nitrogens with zero attached hydrogens (tertiary/aromatic N) is 2. The first kappa shape index (κ1) is 11.6. The van der Waals surface area contributed by atoms with Crippen LogP contribution in [-0.2, 0) is 0 Å². The number of hydrogen-bond donors (Lipinski definition) is 0. The first-order chi connectivity index (χ1) is 8.16. The summed E-state index contributed by atoms with van der Waals surface area (Å²) in [7, 11) is 0. The fraction of sp³-hybridized carbons (Fsp3) is 0.286. The van der Waals surface area contributed by atoms with Crippen LogP contribution in [0.5, 0.6) is 11.6 Å². The summed E-state index contributed by atoms with van der Waals surface area (Å²) in [6.07, 6.45) is 1.77. The van der Waals surface area contributed by atoms with Crippen LogP contribution in [0.15, 0.2) is 36.5 Å². The molecule has 88 valence electrons. The van der Waals surface area contributed by atoms with Crippen molar-refractivity contribution in [1.82, 2.24) is 9.97 Å². The fourth-order valence-corrected chi connectivity index (χ4v) is 1.47. The Labute approximate surface area is 102 Å². The van der Waals surface area contributed by atoms with Gasteiger partial charge in [-0.05, 0) is 25.0 Å². The monoisotopic (exact) mass is 228 g/mol. The summed E-state index contributed by atoms with van der Waals surface area (Å²) in [4.78, 5) is 8.79. The van der Waals surface area contributed by atoms with Gasteiger partial charge in [0.1, 0.15) is 11.4 Å². The predicted octanol–water partition coefficient (Wildman–Crippen LogP) is 3.70. The van der Waals surface area contributed by atoms with Crippen LogP contribution in [0.3, 0.4) is 0 Å². The average molecular weight is 228 g/mol. The number of para-hydroxylation sites is 1. The second kappa shape index (κ2) is 4.95. The molecule has 0 aliphatic heterocycles. The van der Waals surface area contributed by atoms with E-state index in [1.807, 2.05) is 37.3 Å². The predicted molar refractivity (Wildman–Crippen MR) is 67.4 cm³/mol. The molecule has 17 heavy (non-hydrogen) atoms. The molecule has 0 unspecified atom stereocenters. The molecule has 0 atom stereocenters. The van der Waals surface area contributed by atoms with Gasteiger partial charge in [-0.2, -0.15) is 0 Å². The van der Waals surface area contributed by atoms with E-state index >= 15 is 0 Å². The van der Waals surface area contributed by atoms with Gasteiger partial charge in [0.15, 0.2) is 0 Å². The van der Waals surface area contributed by atoms with E-state index in [1.165, 1.54) is 0 Å². The Kier molecular flexibility index (Phi) is 3.38. The third-order valence-electron chi connectivity index (χ3n) is 2.47. The molecular weight excluding hydrogens is 212 g/mol. The third-order valence-corrected chi connectivity index (χ3v) is 2.47. The second-order valence-electron chi connectivity index (χ2n) is 4.26. The van der Waals surface area contributed by atoms with Crippen molar-refractivity contribution in [1.29, 1.82) is 0 Å². The van der Waals surface area contributed by atoms with Crippen molar-refractivity contribution >= 4 is 0 Å². The van der Waals surface area contributed by atoms with Gasteiger partial charge in [-0.15, -0.1) is 0 Å². The van der Waals surface area contributed by atoms with Crippen molar-refractivity contribution in [3.05, 3.63) is 47.9 Å². The lowest BCUT2D eigenvalue weighted by molar-refractivity contribution is 0.453. The molecule has 1 aromatic carbocycles. The van der Waals surface area contributed by atoms with Gasteiger partial charge in [0.25, 0.3) is 0 Å². The van der Waals surface area contributed by atoms with E-state index in [4.69, 9.17) is 4.74 Å². The normalized spacial score (nSPS) is 10.6. The summed E-state index contributed by atoms with van der Waals surface area (Å²) >= 11 is 0. The average Bonchev–Trinajstić information content (AvgIpc) is 2.33. The Balaban J connectivity index is 2.23. The fourth-order valence-electron chi connectivity index (χ4n) is 1.47. The van der Waals surface area contributed by atoms with Crippen LogP contribution in [0.1, 0.15) is 31.2 Å². The Hall–Kier alpha value is -1.90. The van der Waals surface area contributed by atoms with Crippen molar-refractivity contribution in [2.75, 3.05) is 0 Å². The Morgan fingerprint density at radius 1 is 1.12 bits per heavy atom. The lowest BCUT2D eigenvalue weighted by Gasteiger charge is -2.09. The van der Waals surface area contributed by atoms with Crippen LogP contribution in [0.25, 0.3) is 0 Å². The molecule has 0 saturated carbocycles. The van der Waals surface area contributed by atoms with Gasteiger partial charge in [0.2, 0.25) is 5.88 Å². The molecule has 0 saturated heterocycles. The Bertz CT molecular complexity index is 495. The number of benzene rings is 1. The lowest BCUT2D eigenvalue weighted by Crippen LogP contribution is -1.99. The van der Waals surface area contributed by atoms with Crippen LogP contribution in [0.4, 0.5) is 0 Å². The summed E-state index contributed by atoms with van der Waals surface area (Å²) in [5.74, 6) is 1.73. The summed E-state index contributed by atoms with van der Waals surface area (Å²) in [6.45, 7) is 6.11. The summed E-state index contributed by atoms with van der Waals surface area (Å²) in [5, 5.41) is 0. The summed E-state index contributed by atoms with van der Waals surface area (Å²) < 4.78 is 5.67. The molecular formula is C14H16N2O. The molecule has 0 radical (unpaired) electrons. The zero-order chi connectivity index (χ0) is 12.3. The highest BCUT2D eigenvalue weighted by Gasteiger charge is 2.07. The maximum atomic E-state index is 5.67. The minimum atomic E-state index is 0.381. The highest BCUT2D eigenvalue weighted by atomic mass is 16.5. The number of aryl methyl sites for hydroxylation is 1. The molecule has 2 aromatic rings. The van der Waals surface area contributed by atoms with Crippen LogP contribution in [0, 0.1) is 6.92 Å². The van der Waals surface area contributed by atoms with Gasteiger partial charge >= 0.3 is 0 Å². The van der Waals surface area contributed by atoms with Gasteiger partial charge in [-0.25, -0.2) is 4.98 Å². The smallest absolute Gasteiger partial charge is 0.240 e. The number of rotatable bonds is 3. The van der Waals surface area contributed by atoms with Gasteiger partial charge in [0, 0.05) is 0 Å². The molecule has 2 rings (SSSR count). The topological polar surface area (TPSA) is 35.0 Å². The zero-order valence-electron chi connectivity index (χ0n) is 10.3. The molecule has 1 aromatic heterocycles. The standard InChI is InChI=1S/C14H16N2O/c1-10(2)13-9-15-14(11(3)16-13)17-12-7-5-4-6-8-12/h4-10H,1-3H3. The maximum Gasteiger partial charge on any atom is 0.240 e. The van der Waals surface area contributed by atoms with E-state index in [0.717, 1.165) is 17.1 Å². The Morgan fingerprint density at radius 2 is 1.82 bits per heavy atom. The minimum absolute atomic E-state index is 0.381. The summed E-state index contributed by atoms with van der Waals surface area (Å²) in [5.41, 5.74) is 1.81. The zero-order valence-corrected chi connectivity index (χ0v) is 10.3. The van der Waals surface area contributed by atoms with Crippen molar-refractivity contribution in [2.24, 2.45) is 0 Å². The molecule has 0 N–H and O–H groups in total. The summed E-state index contributed by atoms with van der Waals surface area (Å²) in [6, 6.07) is 9.61. The molecule has 0 aliphatic carbocycles. The highest BCUT2D eigenvalue weighted by molar-refractivity contribution is 5.29. The Morgan fingerprint density at radius 3 is 2.41 bits per heavy atom. The van der Waals surface area contributed by atoms with E-state index in [1.54, 1.807) is 6.20 Å². The molecule has 0 bridgehead atoms. The van der Waals surface area contributed by atoms with E-state index < -0.39 is 0 Å². The van der Waals surface area contributed by atoms with E-state index in [2.05, 4.69) is 23.8 Å². The van der Waals surface area contributed by atoms with Gasteiger partial charge in [-0.3, -0.25) is 4.98 Å². The molecule has 0 amide bonds. The van der Waals surface area contributed by atoms with Crippen molar-refractivity contribution in [3.63, 3.8) is 0 Å². The van der Waals surface area contributed by atoms with Crippen molar-refractivity contribution in [3.8, 4) is 11.6 Å². The molecule has 0 fully saturated rings. The SMILES string of the molecule is Cc1nc(C(C)C)cnc1Oc1ccccc1. The third kappa shape index (κ3) is 2.81. The molecule has 0 spiro atoms. The highest BCUT2D eigenvalue weighted by Crippen LogP contribution is 2.22. The number of hydrogen-bond acceptors (Lipinski definition) is 3. The minimum Gasteiger partial charge on any atom is -0.437 e. The quantitative estimate of drug-likeness (QED) is 0.803. The van der Waals surface area contributed by atoms with Crippen LogP contribution in [0.2, 0.25) is 0 Å². The number of aromatic nitrogens is 2. The largest absolute Gasteiger partial charge is 0.437 e. The molecule has 1 heterocycles. The van der Waals surface area contributed by atoms with Gasteiger partial charge in [-0.1, -0.05) is 32.0 Å². The van der Waals surface area contributed by atoms with Crippen LogP contribution in [-0.4, -0.2) is 9.97 Å². The van der Waals surface area contributed by atoms with Gasteiger partial charge in [0.05, 0.1) is 11.9 Å². The lowest BCUT2D eigenvalue weighted by atomic mass is 10.1. The molecule has 3 heteroatoms. The van der Waals surface area contributed by atoms with Gasteiger partial charge < -0.3 is 4.74 Å². The number of ether oxygens (including phenoxy) is 1. The van der Waals surface area contributed by atoms with Crippen molar-refractivity contribution < 1.29 is 4.74 Å². The second-order valence-corrected chi connectivity index (χ2v) is 4.26. The van der Waals surface area contributed by atoms with E-state index in [9.17, 15) is 0 Å². The molecule has 3 nitrogen and oxygen atoms in total. The van der Waals surface area contributed by atoms with E-state index in [-0.39, 0.29) is 0 Å². The van der Waals surface area contributed by atoms with E-state index in [0.29, 0.717) is 11.8 Å². The first-order valence-electron chi connectivity index (χ1n) is 5.73. The molecule has 0 aliphatic rings.